The molecule has 5 heteroatoms. The van der Waals surface area contributed by atoms with Crippen LogP contribution in [0, 0.1) is 0 Å². The van der Waals surface area contributed by atoms with Crippen LogP contribution >= 0.6 is 23.5 Å². The van der Waals surface area contributed by atoms with Crippen LogP contribution in [-0.2, 0) is 10.5 Å². The molecular formula is C17H16N2OS2. The Kier molecular flexibility index (Phi) is 4.85. The molecule has 3 rings (SSSR count). The van der Waals surface area contributed by atoms with Crippen LogP contribution in [-0.4, -0.2) is 15.5 Å². The number of thioether (sulfide) groups is 2. The van der Waals surface area contributed by atoms with E-state index in [4.69, 9.17) is 0 Å². The topological polar surface area (TPSA) is 41.5 Å². The fourth-order valence-electron chi connectivity index (χ4n) is 2.04. The molecule has 0 spiro atoms. The number of benzene rings is 2. The summed E-state index contributed by atoms with van der Waals surface area (Å²) in [5, 5.41) is 2.74. The smallest absolute Gasteiger partial charge is 0.237 e. The van der Waals surface area contributed by atoms with Crippen LogP contribution in [0.3, 0.4) is 0 Å². The maximum atomic E-state index is 12.2. The quantitative estimate of drug-likeness (QED) is 0.889. The van der Waals surface area contributed by atoms with Crippen LogP contribution in [0.1, 0.15) is 12.5 Å². The van der Waals surface area contributed by atoms with Crippen molar-refractivity contribution in [1.29, 1.82) is 0 Å². The summed E-state index contributed by atoms with van der Waals surface area (Å²) in [6.07, 6.45) is 0. The van der Waals surface area contributed by atoms with Crippen molar-refractivity contribution in [3.05, 3.63) is 60.2 Å². The molecule has 0 bridgehead atoms. The Bertz CT molecular complexity index is 701. The fourth-order valence-corrected chi connectivity index (χ4v) is 4.23. The Morgan fingerprint density at radius 1 is 1.18 bits per heavy atom. The zero-order chi connectivity index (χ0) is 15.4. The number of nitrogens with zero attached hydrogens (tertiary/aromatic N) is 1. The highest BCUT2D eigenvalue weighted by atomic mass is 32.2. The van der Waals surface area contributed by atoms with Gasteiger partial charge in [-0.25, -0.2) is 4.99 Å². The molecule has 3 nitrogen and oxygen atoms in total. The number of hydrogen-bond acceptors (Lipinski definition) is 4. The van der Waals surface area contributed by atoms with Crippen molar-refractivity contribution in [2.45, 2.75) is 17.9 Å². The van der Waals surface area contributed by atoms with Gasteiger partial charge in [0, 0.05) is 11.4 Å². The van der Waals surface area contributed by atoms with Crippen molar-refractivity contribution in [3.63, 3.8) is 0 Å². The number of carbonyl (C=O) groups is 1. The van der Waals surface area contributed by atoms with Gasteiger partial charge in [0.15, 0.2) is 0 Å². The van der Waals surface area contributed by atoms with E-state index in [1.54, 1.807) is 11.8 Å². The number of rotatable bonds is 3. The van der Waals surface area contributed by atoms with E-state index in [-0.39, 0.29) is 11.2 Å². The highest BCUT2D eigenvalue weighted by Crippen LogP contribution is 2.35. The molecule has 2 aromatic carbocycles. The third-order valence-electron chi connectivity index (χ3n) is 3.24. The van der Waals surface area contributed by atoms with E-state index in [1.165, 1.54) is 17.3 Å². The van der Waals surface area contributed by atoms with Gasteiger partial charge < -0.3 is 5.32 Å². The Hall–Kier alpha value is -1.72. The average Bonchev–Trinajstić information content (AvgIpc) is 2.55. The Labute approximate surface area is 138 Å². The number of anilines is 1. The lowest BCUT2D eigenvalue weighted by molar-refractivity contribution is -0.115. The normalized spacial score (nSPS) is 14.7. The molecule has 0 saturated carbocycles. The molecule has 1 aliphatic rings. The standard InChI is InChI=1S/C17H16N2OS2/c1-12(16(20)18-14-8-3-2-4-9-14)22-17-19-15-10-6-5-7-13(15)11-21-17/h2-10,12H,11H2,1H3,(H,18,20)/t12-/m0/s1. The zero-order valence-electron chi connectivity index (χ0n) is 12.2. The summed E-state index contributed by atoms with van der Waals surface area (Å²) in [6, 6.07) is 17.7. The number of amides is 1. The van der Waals surface area contributed by atoms with E-state index in [1.807, 2.05) is 55.5 Å². The lowest BCUT2D eigenvalue weighted by atomic mass is 10.2. The highest BCUT2D eigenvalue weighted by molar-refractivity contribution is 8.39. The average molecular weight is 328 g/mol. The number of fused-ring (bicyclic) bond motifs is 1. The summed E-state index contributed by atoms with van der Waals surface area (Å²) < 4.78 is 0.953. The summed E-state index contributed by atoms with van der Waals surface area (Å²) in [6.45, 7) is 1.91. The van der Waals surface area contributed by atoms with Crippen molar-refractivity contribution < 1.29 is 4.79 Å². The molecule has 1 aliphatic heterocycles. The predicted molar refractivity (Wildman–Crippen MR) is 97.0 cm³/mol. The third kappa shape index (κ3) is 3.72. The van der Waals surface area contributed by atoms with Crippen LogP contribution in [0.5, 0.6) is 0 Å². The van der Waals surface area contributed by atoms with Crippen LogP contribution in [0.2, 0.25) is 0 Å². The second kappa shape index (κ2) is 7.03. The van der Waals surface area contributed by atoms with E-state index in [0.29, 0.717) is 0 Å². The Morgan fingerprint density at radius 3 is 2.73 bits per heavy atom. The van der Waals surface area contributed by atoms with Gasteiger partial charge in [0.25, 0.3) is 0 Å². The van der Waals surface area contributed by atoms with Gasteiger partial charge in [-0.15, -0.1) is 0 Å². The van der Waals surface area contributed by atoms with E-state index >= 15 is 0 Å². The number of aliphatic imine (C=N–C) groups is 1. The molecule has 0 saturated heterocycles. The van der Waals surface area contributed by atoms with Gasteiger partial charge in [-0.1, -0.05) is 59.9 Å². The van der Waals surface area contributed by atoms with E-state index in [9.17, 15) is 4.79 Å². The van der Waals surface area contributed by atoms with Gasteiger partial charge in [-0.3, -0.25) is 4.79 Å². The fraction of sp³-hybridized carbons (Fsp3) is 0.176. The summed E-state index contributed by atoms with van der Waals surface area (Å²) in [5.41, 5.74) is 3.08. The first kappa shape index (κ1) is 15.2. The first-order chi connectivity index (χ1) is 10.7. The molecule has 0 aliphatic carbocycles. The summed E-state index contributed by atoms with van der Waals surface area (Å²) in [4.78, 5) is 16.9. The number of carbonyl (C=O) groups excluding carboxylic acids is 1. The van der Waals surface area contributed by atoms with Crippen LogP contribution in [0.25, 0.3) is 0 Å². The number of para-hydroxylation sites is 2. The zero-order valence-corrected chi connectivity index (χ0v) is 13.8. The van der Waals surface area contributed by atoms with Gasteiger partial charge in [0.05, 0.1) is 10.9 Å². The summed E-state index contributed by atoms with van der Waals surface area (Å²) >= 11 is 3.20. The second-order valence-corrected chi connectivity index (χ2v) is 7.46. The van der Waals surface area contributed by atoms with Gasteiger partial charge >= 0.3 is 0 Å². The second-order valence-electron chi connectivity index (χ2n) is 4.91. The molecule has 1 heterocycles. The minimum atomic E-state index is -0.184. The Morgan fingerprint density at radius 2 is 1.91 bits per heavy atom. The molecule has 0 aromatic heterocycles. The maximum Gasteiger partial charge on any atom is 0.237 e. The van der Waals surface area contributed by atoms with E-state index in [2.05, 4.69) is 16.4 Å². The third-order valence-corrected chi connectivity index (χ3v) is 5.54. The lowest BCUT2D eigenvalue weighted by Crippen LogP contribution is -2.23. The van der Waals surface area contributed by atoms with Crippen molar-refractivity contribution in [3.8, 4) is 0 Å². The summed E-state index contributed by atoms with van der Waals surface area (Å²) in [7, 11) is 0. The molecule has 0 unspecified atom stereocenters. The number of nitrogens with one attached hydrogen (secondary N) is 1. The minimum Gasteiger partial charge on any atom is -0.325 e. The molecule has 2 aromatic rings. The van der Waals surface area contributed by atoms with Gasteiger partial charge in [0.2, 0.25) is 5.91 Å². The molecule has 112 valence electrons. The van der Waals surface area contributed by atoms with E-state index in [0.717, 1.165) is 21.5 Å². The van der Waals surface area contributed by atoms with Gasteiger partial charge in [-0.05, 0) is 30.7 Å². The maximum absolute atomic E-state index is 12.2. The molecule has 1 N–H and O–H groups in total. The lowest BCUT2D eigenvalue weighted by Gasteiger charge is -2.17. The van der Waals surface area contributed by atoms with Crippen molar-refractivity contribution in [2.75, 3.05) is 5.32 Å². The summed E-state index contributed by atoms with van der Waals surface area (Å²) in [5.74, 6) is 0.910. The number of hydrogen-bond donors (Lipinski definition) is 1. The monoisotopic (exact) mass is 328 g/mol. The van der Waals surface area contributed by atoms with Gasteiger partial charge in [0.1, 0.15) is 4.38 Å². The van der Waals surface area contributed by atoms with Crippen LogP contribution < -0.4 is 5.32 Å². The first-order valence-electron chi connectivity index (χ1n) is 7.04. The predicted octanol–water partition coefficient (Wildman–Crippen LogP) is 4.68. The first-order valence-corrected chi connectivity index (χ1v) is 8.91. The molecule has 1 amide bonds. The SMILES string of the molecule is C[C@H](SC1=Nc2ccccc2CS1)C(=O)Nc1ccccc1. The van der Waals surface area contributed by atoms with Crippen molar-refractivity contribution in [2.24, 2.45) is 4.99 Å². The highest BCUT2D eigenvalue weighted by Gasteiger charge is 2.20. The molecule has 1 atom stereocenters. The largest absolute Gasteiger partial charge is 0.325 e. The molecule has 22 heavy (non-hydrogen) atoms. The minimum absolute atomic E-state index is 0.00152. The van der Waals surface area contributed by atoms with E-state index < -0.39 is 0 Å². The van der Waals surface area contributed by atoms with Crippen LogP contribution in [0.4, 0.5) is 11.4 Å². The molecule has 0 fully saturated rings. The molecular weight excluding hydrogens is 312 g/mol. The van der Waals surface area contributed by atoms with Crippen molar-refractivity contribution in [1.82, 2.24) is 0 Å². The molecule has 0 radical (unpaired) electrons. The van der Waals surface area contributed by atoms with Gasteiger partial charge in [-0.2, -0.15) is 0 Å². The van der Waals surface area contributed by atoms with Crippen molar-refractivity contribution >= 4 is 45.2 Å². The van der Waals surface area contributed by atoms with Crippen LogP contribution in [0.15, 0.2) is 59.6 Å². The Balaban J connectivity index is 1.64.